The van der Waals surface area contributed by atoms with Crippen LogP contribution in [-0.2, 0) is 0 Å². The van der Waals surface area contributed by atoms with E-state index in [2.05, 4.69) is 66.0 Å². The molecule has 3 rings (SSSR count). The van der Waals surface area contributed by atoms with Crippen LogP contribution in [0.2, 0.25) is 0 Å². The van der Waals surface area contributed by atoms with E-state index < -0.39 is 0 Å². The number of benzene rings is 2. The molecule has 0 bridgehead atoms. The van der Waals surface area contributed by atoms with E-state index >= 15 is 0 Å². The highest BCUT2D eigenvalue weighted by Gasteiger charge is 2.29. The Balaban J connectivity index is 1.75. The molecule has 2 atom stereocenters. The molecule has 0 saturated carbocycles. The first-order valence-corrected chi connectivity index (χ1v) is 6.37. The van der Waals surface area contributed by atoms with Crippen LogP contribution in [0, 0.1) is 0 Å². The lowest BCUT2D eigenvalue weighted by Crippen LogP contribution is -2.82. The Morgan fingerprint density at radius 3 is 2.00 bits per heavy atom. The van der Waals surface area contributed by atoms with Crippen LogP contribution < -0.4 is 5.32 Å². The van der Waals surface area contributed by atoms with Crippen molar-refractivity contribution in [1.29, 1.82) is 0 Å². The third-order valence-electron chi connectivity index (χ3n) is 3.74. The van der Waals surface area contributed by atoms with Crippen molar-refractivity contribution in [1.82, 2.24) is 0 Å². The molecule has 86 valence electrons. The van der Waals surface area contributed by atoms with E-state index in [0.29, 0.717) is 12.0 Å². The molecule has 0 amide bonds. The molecule has 0 spiro atoms. The van der Waals surface area contributed by atoms with Crippen LogP contribution in [-0.4, -0.2) is 6.54 Å². The molecule has 2 aromatic carbocycles. The van der Waals surface area contributed by atoms with Crippen LogP contribution in [0.25, 0.3) is 0 Å². The van der Waals surface area contributed by atoms with Crippen LogP contribution in [0.4, 0.5) is 0 Å². The molecule has 0 radical (unpaired) electrons. The van der Waals surface area contributed by atoms with Crippen molar-refractivity contribution in [3.8, 4) is 0 Å². The lowest BCUT2D eigenvalue weighted by atomic mass is 9.94. The normalized spacial score (nSPS) is 23.8. The summed E-state index contributed by atoms with van der Waals surface area (Å²) >= 11 is 0. The molecule has 0 unspecified atom stereocenters. The third-order valence-corrected chi connectivity index (χ3v) is 3.74. The minimum absolute atomic E-state index is 0.640. The van der Waals surface area contributed by atoms with Gasteiger partial charge in [-0.05, 0) is 5.56 Å². The Morgan fingerprint density at radius 1 is 0.765 bits per heavy atom. The van der Waals surface area contributed by atoms with E-state index in [4.69, 9.17) is 0 Å². The second-order valence-corrected chi connectivity index (χ2v) is 4.83. The molecule has 1 nitrogen and oxygen atoms in total. The fourth-order valence-electron chi connectivity index (χ4n) is 2.80. The zero-order chi connectivity index (χ0) is 11.5. The molecule has 0 aromatic heterocycles. The highest BCUT2D eigenvalue weighted by atomic mass is 14.9. The van der Waals surface area contributed by atoms with Gasteiger partial charge in [0, 0.05) is 17.9 Å². The van der Waals surface area contributed by atoms with Crippen LogP contribution in [0.5, 0.6) is 0 Å². The quantitative estimate of drug-likeness (QED) is 0.807. The topological polar surface area (TPSA) is 16.6 Å². The molecule has 1 aliphatic rings. The van der Waals surface area contributed by atoms with Crippen LogP contribution in [0.3, 0.4) is 0 Å². The molecule has 1 heteroatoms. The number of quaternary nitrogens is 1. The molecule has 1 aliphatic heterocycles. The van der Waals surface area contributed by atoms with Gasteiger partial charge in [0.25, 0.3) is 0 Å². The maximum atomic E-state index is 2.48. The molecule has 1 heterocycles. The molecule has 1 fully saturated rings. The van der Waals surface area contributed by atoms with Crippen LogP contribution in [0.1, 0.15) is 29.5 Å². The van der Waals surface area contributed by atoms with E-state index in [1.54, 1.807) is 0 Å². The third kappa shape index (κ3) is 2.25. The average Bonchev–Trinajstić information content (AvgIpc) is 2.90. The molecule has 1 saturated heterocycles. The monoisotopic (exact) mass is 224 g/mol. The number of rotatable bonds is 2. The summed E-state index contributed by atoms with van der Waals surface area (Å²) in [4.78, 5) is 0. The molecule has 17 heavy (non-hydrogen) atoms. The second kappa shape index (κ2) is 4.72. The molecular weight excluding hydrogens is 206 g/mol. The molecule has 0 aliphatic carbocycles. The molecular formula is C16H18N+. The van der Waals surface area contributed by atoms with Crippen molar-refractivity contribution in [2.24, 2.45) is 0 Å². The van der Waals surface area contributed by atoms with Gasteiger partial charge in [0.15, 0.2) is 0 Å². The summed E-state index contributed by atoms with van der Waals surface area (Å²) in [5.41, 5.74) is 2.95. The standard InChI is InChI=1S/C16H17N/c1-3-7-13(8-4-1)15-11-16(17-12-15)14-9-5-2-6-10-14/h1-10,15-17H,11-12H2/p+1/t15-,16-/m1/s1. The summed E-state index contributed by atoms with van der Waals surface area (Å²) in [7, 11) is 0. The van der Waals surface area contributed by atoms with Gasteiger partial charge in [-0.2, -0.15) is 0 Å². The summed E-state index contributed by atoms with van der Waals surface area (Å²) in [5.74, 6) is 0.710. The highest BCUT2D eigenvalue weighted by Crippen LogP contribution is 2.28. The average molecular weight is 224 g/mol. The van der Waals surface area contributed by atoms with Gasteiger partial charge < -0.3 is 5.32 Å². The van der Waals surface area contributed by atoms with Gasteiger partial charge in [-0.25, -0.2) is 0 Å². The lowest BCUT2D eigenvalue weighted by molar-refractivity contribution is -0.677. The fourth-order valence-corrected chi connectivity index (χ4v) is 2.80. The Labute approximate surface area is 102 Å². The Morgan fingerprint density at radius 2 is 1.35 bits per heavy atom. The van der Waals surface area contributed by atoms with E-state index in [0.717, 1.165) is 0 Å². The van der Waals surface area contributed by atoms with Crippen molar-refractivity contribution in [3.05, 3.63) is 71.8 Å². The van der Waals surface area contributed by atoms with Crippen molar-refractivity contribution in [2.75, 3.05) is 6.54 Å². The predicted molar refractivity (Wildman–Crippen MR) is 69.8 cm³/mol. The second-order valence-electron chi connectivity index (χ2n) is 4.83. The minimum Gasteiger partial charge on any atom is -0.340 e. The van der Waals surface area contributed by atoms with Crippen molar-refractivity contribution >= 4 is 0 Å². The fraction of sp³-hybridized carbons (Fsp3) is 0.250. The van der Waals surface area contributed by atoms with Crippen molar-refractivity contribution in [2.45, 2.75) is 18.4 Å². The van der Waals surface area contributed by atoms with Crippen molar-refractivity contribution in [3.63, 3.8) is 0 Å². The van der Waals surface area contributed by atoms with Gasteiger partial charge >= 0.3 is 0 Å². The maximum absolute atomic E-state index is 2.48. The zero-order valence-corrected chi connectivity index (χ0v) is 9.92. The Kier molecular flexibility index (Phi) is 2.93. The predicted octanol–water partition coefficient (Wildman–Crippen LogP) is 2.48. The van der Waals surface area contributed by atoms with Gasteiger partial charge in [0.05, 0.1) is 6.54 Å². The Bertz CT molecular complexity index is 418. The first kappa shape index (κ1) is 10.5. The Hall–Kier alpha value is -1.60. The highest BCUT2D eigenvalue weighted by molar-refractivity contribution is 5.23. The van der Waals surface area contributed by atoms with E-state index in [1.807, 2.05) is 0 Å². The van der Waals surface area contributed by atoms with Crippen LogP contribution in [0.15, 0.2) is 60.7 Å². The van der Waals surface area contributed by atoms with E-state index in [1.165, 1.54) is 24.1 Å². The van der Waals surface area contributed by atoms with Gasteiger partial charge in [0.2, 0.25) is 0 Å². The van der Waals surface area contributed by atoms with Crippen LogP contribution >= 0.6 is 0 Å². The first-order valence-electron chi connectivity index (χ1n) is 6.37. The summed E-state index contributed by atoms with van der Waals surface area (Å²) in [6.45, 7) is 1.21. The van der Waals surface area contributed by atoms with E-state index in [-0.39, 0.29) is 0 Å². The molecule has 2 N–H and O–H groups in total. The maximum Gasteiger partial charge on any atom is 0.112 e. The zero-order valence-electron chi connectivity index (χ0n) is 9.92. The summed E-state index contributed by atoms with van der Waals surface area (Å²) in [5, 5.41) is 2.48. The van der Waals surface area contributed by atoms with Gasteiger partial charge in [-0.15, -0.1) is 0 Å². The minimum atomic E-state index is 0.640. The summed E-state index contributed by atoms with van der Waals surface area (Å²) in [6, 6.07) is 22.4. The summed E-state index contributed by atoms with van der Waals surface area (Å²) in [6.07, 6.45) is 1.26. The number of hydrogen-bond acceptors (Lipinski definition) is 0. The van der Waals surface area contributed by atoms with Gasteiger partial charge in [-0.1, -0.05) is 60.7 Å². The largest absolute Gasteiger partial charge is 0.340 e. The number of nitrogens with two attached hydrogens (primary N) is 1. The SMILES string of the molecule is c1ccc([C@H]2C[NH2+][C@@H](c3ccccc3)C2)cc1. The van der Waals surface area contributed by atoms with Crippen molar-refractivity contribution < 1.29 is 5.32 Å². The van der Waals surface area contributed by atoms with Gasteiger partial charge in [0.1, 0.15) is 6.04 Å². The smallest absolute Gasteiger partial charge is 0.112 e. The lowest BCUT2D eigenvalue weighted by Gasteiger charge is -2.07. The summed E-state index contributed by atoms with van der Waals surface area (Å²) < 4.78 is 0. The first-order chi connectivity index (χ1) is 8.43. The van der Waals surface area contributed by atoms with Gasteiger partial charge in [-0.3, -0.25) is 0 Å². The molecule has 2 aromatic rings. The number of hydrogen-bond donors (Lipinski definition) is 1. The van der Waals surface area contributed by atoms with E-state index in [9.17, 15) is 0 Å².